The molecule has 94 valence electrons. The van der Waals surface area contributed by atoms with Gasteiger partial charge in [-0.25, -0.2) is 0 Å². The van der Waals surface area contributed by atoms with Crippen molar-refractivity contribution < 1.29 is 9.90 Å². The van der Waals surface area contributed by atoms with Gasteiger partial charge in [0.15, 0.2) is 0 Å². The van der Waals surface area contributed by atoms with E-state index in [9.17, 15) is 9.90 Å². The molecule has 0 radical (unpaired) electrons. The molecule has 0 spiro atoms. The molecule has 1 rings (SSSR count). The van der Waals surface area contributed by atoms with E-state index in [1.165, 1.54) is 0 Å². The average Bonchev–Trinajstić information content (AvgIpc) is 2.21. The maximum atomic E-state index is 11.3. The van der Waals surface area contributed by atoms with Crippen molar-refractivity contribution in [1.82, 2.24) is 4.90 Å². The summed E-state index contributed by atoms with van der Waals surface area (Å²) in [7, 11) is 3.47. The first-order chi connectivity index (χ1) is 7.77. The number of hydrogen-bond donors (Lipinski definition) is 1. The summed E-state index contributed by atoms with van der Waals surface area (Å²) >= 11 is 11.9. The monoisotopic (exact) mass is 275 g/mol. The molecule has 0 aromatic heterocycles. The first-order valence-electron chi connectivity index (χ1n) is 5.12. The third-order valence-electron chi connectivity index (χ3n) is 3.00. The Morgan fingerprint density at radius 1 is 1.41 bits per heavy atom. The van der Waals surface area contributed by atoms with Gasteiger partial charge >= 0.3 is 5.97 Å². The highest BCUT2D eigenvalue weighted by Crippen LogP contribution is 2.26. The Hall–Kier alpha value is -0.770. The number of nitrogens with zero attached hydrogens (tertiary/aromatic N) is 1. The largest absolute Gasteiger partial charge is 0.480 e. The fraction of sp³-hybridized carbons (Fsp3) is 0.417. The molecule has 1 atom stereocenters. The Labute approximate surface area is 111 Å². The number of halogens is 2. The number of rotatable bonds is 4. The summed E-state index contributed by atoms with van der Waals surface area (Å²) in [6.07, 6.45) is 0.325. The molecule has 0 aliphatic carbocycles. The minimum atomic E-state index is -0.989. The minimum absolute atomic E-state index is 0.325. The van der Waals surface area contributed by atoms with Crippen LogP contribution in [0.15, 0.2) is 18.2 Å². The van der Waals surface area contributed by atoms with E-state index >= 15 is 0 Å². The second-order valence-corrected chi connectivity index (χ2v) is 5.23. The summed E-state index contributed by atoms with van der Waals surface area (Å²) in [6.45, 7) is 1.67. The minimum Gasteiger partial charge on any atom is -0.480 e. The van der Waals surface area contributed by atoms with Gasteiger partial charge < -0.3 is 5.11 Å². The van der Waals surface area contributed by atoms with Gasteiger partial charge in [0.05, 0.1) is 0 Å². The van der Waals surface area contributed by atoms with Crippen molar-refractivity contribution in [2.75, 3.05) is 14.1 Å². The second kappa shape index (κ2) is 5.25. The third kappa shape index (κ3) is 3.12. The topological polar surface area (TPSA) is 40.5 Å². The molecule has 0 amide bonds. The summed E-state index contributed by atoms with van der Waals surface area (Å²) in [5.41, 5.74) is -0.216. The fourth-order valence-corrected chi connectivity index (χ4v) is 1.94. The smallest absolute Gasteiger partial charge is 0.324 e. The van der Waals surface area contributed by atoms with Crippen molar-refractivity contribution >= 4 is 29.2 Å². The molecule has 0 aliphatic rings. The van der Waals surface area contributed by atoms with Gasteiger partial charge in [0, 0.05) is 16.5 Å². The zero-order valence-electron chi connectivity index (χ0n) is 10.00. The van der Waals surface area contributed by atoms with Crippen LogP contribution >= 0.6 is 23.2 Å². The molecule has 1 aromatic rings. The van der Waals surface area contributed by atoms with E-state index in [1.54, 1.807) is 44.1 Å². The molecule has 1 N–H and O–H groups in total. The highest BCUT2D eigenvalue weighted by Gasteiger charge is 2.36. The van der Waals surface area contributed by atoms with Crippen LogP contribution in [0.2, 0.25) is 10.0 Å². The predicted molar refractivity (Wildman–Crippen MR) is 69.9 cm³/mol. The van der Waals surface area contributed by atoms with Crippen molar-refractivity contribution in [3.05, 3.63) is 33.8 Å². The first-order valence-corrected chi connectivity index (χ1v) is 5.87. The highest BCUT2D eigenvalue weighted by atomic mass is 35.5. The van der Waals surface area contributed by atoms with E-state index < -0.39 is 11.5 Å². The molecule has 0 aliphatic heterocycles. The standard InChI is InChI=1S/C12H15Cl2NO2/c1-12(11(16)17,15(2)3)7-8-4-5-9(13)6-10(8)14/h4-6H,7H2,1-3H3,(H,16,17). The maximum Gasteiger partial charge on any atom is 0.324 e. The second-order valence-electron chi connectivity index (χ2n) is 4.39. The number of carboxylic acids is 1. The molecule has 0 fully saturated rings. The van der Waals surface area contributed by atoms with Crippen LogP contribution < -0.4 is 0 Å². The molecule has 0 heterocycles. The van der Waals surface area contributed by atoms with Crippen LogP contribution in [-0.4, -0.2) is 35.6 Å². The third-order valence-corrected chi connectivity index (χ3v) is 3.58. The Morgan fingerprint density at radius 3 is 2.41 bits per heavy atom. The van der Waals surface area contributed by atoms with Gasteiger partial charge in [-0.3, -0.25) is 9.69 Å². The van der Waals surface area contributed by atoms with E-state index in [2.05, 4.69) is 0 Å². The zero-order valence-corrected chi connectivity index (χ0v) is 11.5. The van der Waals surface area contributed by atoms with Crippen LogP contribution in [0, 0.1) is 0 Å². The average molecular weight is 276 g/mol. The summed E-state index contributed by atoms with van der Waals surface area (Å²) in [5, 5.41) is 10.3. The molecule has 1 aromatic carbocycles. The van der Waals surface area contributed by atoms with Crippen molar-refractivity contribution in [3.8, 4) is 0 Å². The lowest BCUT2D eigenvalue weighted by atomic mass is 9.91. The van der Waals surface area contributed by atoms with Gasteiger partial charge in [-0.1, -0.05) is 29.3 Å². The maximum absolute atomic E-state index is 11.3. The van der Waals surface area contributed by atoms with Crippen LogP contribution in [0.25, 0.3) is 0 Å². The normalized spacial score (nSPS) is 14.7. The summed E-state index contributed by atoms with van der Waals surface area (Å²) in [5.74, 6) is -0.881. The Bertz CT molecular complexity index is 435. The van der Waals surface area contributed by atoms with Crippen LogP contribution in [0.3, 0.4) is 0 Å². The first kappa shape index (κ1) is 14.3. The predicted octanol–water partition coefficient (Wildman–Crippen LogP) is 2.94. The van der Waals surface area contributed by atoms with Crippen molar-refractivity contribution in [2.45, 2.75) is 18.9 Å². The van der Waals surface area contributed by atoms with E-state index in [0.29, 0.717) is 16.5 Å². The van der Waals surface area contributed by atoms with E-state index in [4.69, 9.17) is 23.2 Å². The van der Waals surface area contributed by atoms with Crippen LogP contribution in [0.5, 0.6) is 0 Å². The number of carbonyl (C=O) groups is 1. The van der Waals surface area contributed by atoms with Crippen molar-refractivity contribution in [2.24, 2.45) is 0 Å². The Kier molecular flexibility index (Phi) is 4.42. The SMILES string of the molecule is CN(C)C(C)(Cc1ccc(Cl)cc1Cl)C(=O)O. The van der Waals surface area contributed by atoms with E-state index in [-0.39, 0.29) is 0 Å². The van der Waals surface area contributed by atoms with Gasteiger partial charge in [-0.2, -0.15) is 0 Å². The number of likely N-dealkylation sites (N-methyl/N-ethyl adjacent to an activating group) is 1. The van der Waals surface area contributed by atoms with Gasteiger partial charge in [0.1, 0.15) is 5.54 Å². The molecule has 3 nitrogen and oxygen atoms in total. The van der Waals surface area contributed by atoms with Gasteiger partial charge in [-0.05, 0) is 38.7 Å². The van der Waals surface area contributed by atoms with E-state index in [1.807, 2.05) is 0 Å². The Balaban J connectivity index is 3.07. The van der Waals surface area contributed by atoms with Gasteiger partial charge in [0.2, 0.25) is 0 Å². The van der Waals surface area contributed by atoms with Gasteiger partial charge in [-0.15, -0.1) is 0 Å². The molecule has 5 heteroatoms. The number of aliphatic carboxylic acids is 1. The van der Waals surface area contributed by atoms with Crippen molar-refractivity contribution in [1.29, 1.82) is 0 Å². The summed E-state index contributed by atoms with van der Waals surface area (Å²) in [4.78, 5) is 13.0. The van der Waals surface area contributed by atoms with Crippen LogP contribution in [-0.2, 0) is 11.2 Å². The summed E-state index contributed by atoms with van der Waals surface area (Å²) in [6, 6.07) is 5.09. The molecule has 1 unspecified atom stereocenters. The van der Waals surface area contributed by atoms with E-state index in [0.717, 1.165) is 5.56 Å². The molecular weight excluding hydrogens is 261 g/mol. The summed E-state index contributed by atoms with van der Waals surface area (Å²) < 4.78 is 0. The zero-order chi connectivity index (χ0) is 13.2. The van der Waals surface area contributed by atoms with Crippen LogP contribution in [0.1, 0.15) is 12.5 Å². The number of hydrogen-bond acceptors (Lipinski definition) is 2. The number of benzene rings is 1. The fourth-order valence-electron chi connectivity index (χ4n) is 1.46. The quantitative estimate of drug-likeness (QED) is 0.919. The molecule has 0 saturated heterocycles. The lowest BCUT2D eigenvalue weighted by Crippen LogP contribution is -2.50. The highest BCUT2D eigenvalue weighted by molar-refractivity contribution is 6.35. The van der Waals surface area contributed by atoms with Gasteiger partial charge in [0.25, 0.3) is 0 Å². The Morgan fingerprint density at radius 2 is 2.00 bits per heavy atom. The molecule has 0 bridgehead atoms. The number of carboxylic acid groups (broad SMARTS) is 1. The molecule has 0 saturated carbocycles. The van der Waals surface area contributed by atoms with Crippen molar-refractivity contribution in [3.63, 3.8) is 0 Å². The molecule has 17 heavy (non-hydrogen) atoms. The molecular formula is C12H15Cl2NO2. The lowest BCUT2D eigenvalue weighted by Gasteiger charge is -2.32. The lowest BCUT2D eigenvalue weighted by molar-refractivity contribution is -0.148. The van der Waals surface area contributed by atoms with Crippen LogP contribution in [0.4, 0.5) is 0 Å².